The van der Waals surface area contributed by atoms with Crippen LogP contribution in [-0.4, -0.2) is 29.7 Å². The zero-order valence-corrected chi connectivity index (χ0v) is 16.9. The molecule has 0 aliphatic rings. The lowest BCUT2D eigenvalue weighted by Gasteiger charge is -2.12. The number of hydrogen-bond acceptors (Lipinski definition) is 7. The molecule has 0 atom stereocenters. The molecule has 148 valence electrons. The first-order valence-electron chi connectivity index (χ1n) is 9.17. The maximum absolute atomic E-state index is 6.03. The first-order chi connectivity index (χ1) is 14.5. The zero-order valence-electron chi connectivity index (χ0n) is 16.2. The Hall–Kier alpha value is -3.78. The maximum Gasteiger partial charge on any atom is 0.160 e. The first kappa shape index (κ1) is 18.3. The monoisotopic (exact) mass is 417 g/mol. The van der Waals surface area contributed by atoms with Gasteiger partial charge in [-0.2, -0.15) is 5.10 Å². The van der Waals surface area contributed by atoms with Crippen LogP contribution in [0.15, 0.2) is 55.1 Å². The fraction of sp³-hybridized carbons (Fsp3) is 0.0952. The van der Waals surface area contributed by atoms with Crippen LogP contribution >= 0.6 is 11.6 Å². The standard InChI is InChI=1S/C21H16ClN7O/c1-12-7-13(26-21-20-15(24-11-25-21)4-6-19(22)27-20)3-5-18(12)30-14-8-16-17(23-9-14)10-29(2)28-16/h3-11H,1-2H3,(H,24,25,26). The molecule has 1 N–H and O–H groups in total. The molecule has 4 aromatic heterocycles. The van der Waals surface area contributed by atoms with Crippen LogP contribution in [0.4, 0.5) is 11.5 Å². The summed E-state index contributed by atoms with van der Waals surface area (Å²) in [6.45, 7) is 1.97. The van der Waals surface area contributed by atoms with E-state index >= 15 is 0 Å². The molecule has 4 heterocycles. The predicted molar refractivity (Wildman–Crippen MR) is 115 cm³/mol. The van der Waals surface area contributed by atoms with Crippen LogP contribution in [0.2, 0.25) is 5.15 Å². The fourth-order valence-electron chi connectivity index (χ4n) is 3.17. The lowest BCUT2D eigenvalue weighted by Crippen LogP contribution is -1.98. The van der Waals surface area contributed by atoms with E-state index in [1.54, 1.807) is 16.9 Å². The molecular weight excluding hydrogens is 402 g/mol. The number of aromatic nitrogens is 6. The van der Waals surface area contributed by atoms with Gasteiger partial charge in [0.05, 0.1) is 17.9 Å². The quantitative estimate of drug-likeness (QED) is 0.420. The van der Waals surface area contributed by atoms with Crippen LogP contribution in [0.25, 0.3) is 22.1 Å². The van der Waals surface area contributed by atoms with Crippen molar-refractivity contribution in [2.24, 2.45) is 7.05 Å². The van der Waals surface area contributed by atoms with E-state index in [1.807, 2.05) is 50.5 Å². The van der Waals surface area contributed by atoms with Crippen molar-refractivity contribution in [2.45, 2.75) is 6.92 Å². The number of ether oxygens (including phenoxy) is 1. The smallest absolute Gasteiger partial charge is 0.160 e. The largest absolute Gasteiger partial charge is 0.455 e. The highest BCUT2D eigenvalue weighted by atomic mass is 35.5. The Morgan fingerprint density at radius 1 is 1.00 bits per heavy atom. The minimum atomic E-state index is 0.388. The normalized spacial score (nSPS) is 11.2. The lowest BCUT2D eigenvalue weighted by molar-refractivity contribution is 0.477. The Balaban J connectivity index is 1.41. The molecule has 9 heteroatoms. The summed E-state index contributed by atoms with van der Waals surface area (Å²) in [5.74, 6) is 1.94. The molecule has 0 amide bonds. The second kappa shape index (κ2) is 7.23. The van der Waals surface area contributed by atoms with E-state index in [9.17, 15) is 0 Å². The van der Waals surface area contributed by atoms with Gasteiger partial charge in [-0.15, -0.1) is 0 Å². The highest BCUT2D eigenvalue weighted by Crippen LogP contribution is 2.30. The van der Waals surface area contributed by atoms with Gasteiger partial charge in [0.25, 0.3) is 0 Å². The Morgan fingerprint density at radius 3 is 2.77 bits per heavy atom. The van der Waals surface area contributed by atoms with Crippen molar-refractivity contribution in [3.63, 3.8) is 0 Å². The summed E-state index contributed by atoms with van der Waals surface area (Å²) < 4.78 is 7.75. The van der Waals surface area contributed by atoms with E-state index < -0.39 is 0 Å². The Bertz CT molecular complexity index is 1400. The Labute approximate surface area is 176 Å². The summed E-state index contributed by atoms with van der Waals surface area (Å²) in [5, 5.41) is 8.03. The maximum atomic E-state index is 6.03. The highest BCUT2D eigenvalue weighted by molar-refractivity contribution is 6.29. The number of halogens is 1. The van der Waals surface area contributed by atoms with Crippen molar-refractivity contribution < 1.29 is 4.74 Å². The van der Waals surface area contributed by atoms with E-state index in [4.69, 9.17) is 16.3 Å². The number of fused-ring (bicyclic) bond motifs is 2. The van der Waals surface area contributed by atoms with Crippen molar-refractivity contribution in [2.75, 3.05) is 5.32 Å². The third kappa shape index (κ3) is 3.48. The predicted octanol–water partition coefficient (Wildman–Crippen LogP) is 4.80. The van der Waals surface area contributed by atoms with Crippen LogP contribution in [0.5, 0.6) is 11.5 Å². The summed E-state index contributed by atoms with van der Waals surface area (Å²) in [6, 6.07) is 11.2. The van der Waals surface area contributed by atoms with E-state index in [-0.39, 0.29) is 0 Å². The third-order valence-corrected chi connectivity index (χ3v) is 4.77. The van der Waals surface area contributed by atoms with Gasteiger partial charge < -0.3 is 10.1 Å². The van der Waals surface area contributed by atoms with Crippen molar-refractivity contribution in [3.05, 3.63) is 65.8 Å². The molecule has 0 radical (unpaired) electrons. The number of benzene rings is 1. The molecular formula is C21H16ClN7O. The van der Waals surface area contributed by atoms with Gasteiger partial charge >= 0.3 is 0 Å². The fourth-order valence-corrected chi connectivity index (χ4v) is 3.32. The van der Waals surface area contributed by atoms with Gasteiger partial charge in [0.1, 0.15) is 39.5 Å². The molecule has 0 bridgehead atoms. The molecule has 0 saturated heterocycles. The molecule has 30 heavy (non-hydrogen) atoms. The van der Waals surface area contributed by atoms with E-state index in [0.717, 1.165) is 28.0 Å². The lowest BCUT2D eigenvalue weighted by atomic mass is 10.2. The topological polar surface area (TPSA) is 90.6 Å². The third-order valence-electron chi connectivity index (χ3n) is 4.56. The SMILES string of the molecule is Cc1cc(Nc2ncnc3ccc(Cl)nc23)ccc1Oc1cnc2cn(C)nc2c1. The molecule has 5 rings (SSSR count). The van der Waals surface area contributed by atoms with Gasteiger partial charge in [-0.25, -0.2) is 19.9 Å². The number of nitrogens with one attached hydrogen (secondary N) is 1. The van der Waals surface area contributed by atoms with E-state index in [2.05, 4.69) is 30.4 Å². The number of anilines is 2. The molecule has 8 nitrogen and oxygen atoms in total. The van der Waals surface area contributed by atoms with Crippen molar-refractivity contribution in [1.82, 2.24) is 29.7 Å². The summed E-state index contributed by atoms with van der Waals surface area (Å²) in [7, 11) is 1.86. The average molecular weight is 418 g/mol. The van der Waals surface area contributed by atoms with Gasteiger partial charge in [-0.1, -0.05) is 11.6 Å². The second-order valence-electron chi connectivity index (χ2n) is 6.81. The Morgan fingerprint density at radius 2 is 1.90 bits per heavy atom. The molecule has 0 aliphatic carbocycles. The number of rotatable bonds is 4. The van der Waals surface area contributed by atoms with Crippen molar-refractivity contribution in [1.29, 1.82) is 0 Å². The van der Waals surface area contributed by atoms with Crippen LogP contribution in [-0.2, 0) is 7.05 Å². The summed E-state index contributed by atoms with van der Waals surface area (Å²) >= 11 is 6.03. The summed E-state index contributed by atoms with van der Waals surface area (Å²) in [5.41, 5.74) is 4.73. The van der Waals surface area contributed by atoms with Gasteiger partial charge in [0.2, 0.25) is 0 Å². The van der Waals surface area contributed by atoms with Gasteiger partial charge in [0.15, 0.2) is 5.82 Å². The molecule has 0 unspecified atom stereocenters. The highest BCUT2D eigenvalue weighted by Gasteiger charge is 2.09. The number of aryl methyl sites for hydroxylation is 2. The number of nitrogens with zero attached hydrogens (tertiary/aromatic N) is 6. The first-order valence-corrected chi connectivity index (χ1v) is 9.55. The van der Waals surface area contributed by atoms with Crippen LogP contribution in [0.1, 0.15) is 5.56 Å². The molecule has 5 aromatic rings. The van der Waals surface area contributed by atoms with E-state index in [0.29, 0.717) is 27.8 Å². The van der Waals surface area contributed by atoms with Crippen molar-refractivity contribution >= 4 is 45.2 Å². The van der Waals surface area contributed by atoms with Crippen molar-refractivity contribution in [3.8, 4) is 11.5 Å². The second-order valence-corrected chi connectivity index (χ2v) is 7.20. The summed E-state index contributed by atoms with van der Waals surface area (Å²) in [4.78, 5) is 17.2. The molecule has 0 fully saturated rings. The average Bonchev–Trinajstić information content (AvgIpc) is 3.10. The number of pyridine rings is 2. The van der Waals surface area contributed by atoms with Gasteiger partial charge in [-0.05, 0) is 42.8 Å². The summed E-state index contributed by atoms with van der Waals surface area (Å²) in [6.07, 6.45) is 5.05. The van der Waals surface area contributed by atoms with Gasteiger partial charge in [-0.3, -0.25) is 4.68 Å². The zero-order chi connectivity index (χ0) is 20.7. The van der Waals surface area contributed by atoms with Crippen LogP contribution in [0, 0.1) is 6.92 Å². The molecule has 1 aromatic carbocycles. The van der Waals surface area contributed by atoms with Crippen LogP contribution in [0.3, 0.4) is 0 Å². The molecule has 0 saturated carbocycles. The molecule has 0 aliphatic heterocycles. The van der Waals surface area contributed by atoms with Gasteiger partial charge in [0, 0.05) is 18.8 Å². The number of hydrogen-bond donors (Lipinski definition) is 1. The molecule has 0 spiro atoms. The van der Waals surface area contributed by atoms with E-state index in [1.165, 1.54) is 6.33 Å². The minimum absolute atomic E-state index is 0.388. The van der Waals surface area contributed by atoms with Crippen LogP contribution < -0.4 is 10.1 Å². The minimum Gasteiger partial charge on any atom is -0.455 e. The Kier molecular flexibility index (Phi) is 4.40.